The van der Waals surface area contributed by atoms with Crippen LogP contribution in [0.25, 0.3) is 0 Å². The van der Waals surface area contributed by atoms with Gasteiger partial charge in [0.1, 0.15) is 0 Å². The minimum atomic E-state index is -4.15. The van der Waals surface area contributed by atoms with Crippen molar-refractivity contribution in [1.29, 1.82) is 0 Å². The summed E-state index contributed by atoms with van der Waals surface area (Å²) in [4.78, 5) is 1.45. The minimum absolute atomic E-state index is 0.131. The van der Waals surface area contributed by atoms with Crippen LogP contribution >= 0.6 is 0 Å². The van der Waals surface area contributed by atoms with Gasteiger partial charge >= 0.3 is 6.18 Å². The monoisotopic (exact) mass is 303 g/mol. The van der Waals surface area contributed by atoms with Crippen molar-refractivity contribution in [2.75, 3.05) is 6.54 Å². The Labute approximate surface area is 120 Å². The summed E-state index contributed by atoms with van der Waals surface area (Å²) in [6.07, 6.45) is -4.15. The molecule has 0 fully saturated rings. The fraction of sp³-hybridized carbons (Fsp3) is 0.600. The van der Waals surface area contributed by atoms with Gasteiger partial charge in [0.15, 0.2) is 0 Å². The Kier molecular flexibility index (Phi) is 5.44. The predicted molar refractivity (Wildman–Crippen MR) is 81.0 cm³/mol. The first-order chi connectivity index (χ1) is 8.99. The largest absolute Gasteiger partial charge is 0.401 e. The van der Waals surface area contributed by atoms with Gasteiger partial charge < -0.3 is 0 Å². The van der Waals surface area contributed by atoms with Gasteiger partial charge in [-0.1, -0.05) is 49.1 Å². The molecule has 20 heavy (non-hydrogen) atoms. The fourth-order valence-corrected chi connectivity index (χ4v) is 3.16. The molecule has 0 unspecified atom stereocenters. The Balaban J connectivity index is 2.80. The Hall–Kier alpha value is -0.813. The highest BCUT2D eigenvalue weighted by Crippen LogP contribution is 2.19. The highest BCUT2D eigenvalue weighted by molar-refractivity contribution is 6.88. The smallest absolute Gasteiger partial charge is 0.288 e. The molecule has 0 bridgehead atoms. The van der Waals surface area contributed by atoms with E-state index in [1.54, 1.807) is 13.8 Å². The summed E-state index contributed by atoms with van der Waals surface area (Å²) in [6.45, 7) is 9.83. The van der Waals surface area contributed by atoms with Crippen LogP contribution in [-0.2, 0) is 6.54 Å². The van der Waals surface area contributed by atoms with E-state index in [2.05, 4.69) is 31.8 Å². The van der Waals surface area contributed by atoms with Crippen molar-refractivity contribution in [3.05, 3.63) is 29.8 Å². The number of rotatable bonds is 5. The van der Waals surface area contributed by atoms with E-state index in [9.17, 15) is 13.2 Å². The lowest BCUT2D eigenvalue weighted by molar-refractivity contribution is -0.150. The first-order valence-electron chi connectivity index (χ1n) is 6.89. The van der Waals surface area contributed by atoms with E-state index in [1.807, 2.05) is 12.1 Å². The maximum atomic E-state index is 12.6. The highest BCUT2D eigenvalue weighted by Gasteiger charge is 2.31. The number of hydrogen-bond donors (Lipinski definition) is 0. The van der Waals surface area contributed by atoms with Crippen molar-refractivity contribution < 1.29 is 13.2 Å². The first-order valence-corrected chi connectivity index (χ1v) is 10.4. The molecule has 0 aliphatic heterocycles. The van der Waals surface area contributed by atoms with Gasteiger partial charge in [0.2, 0.25) is 0 Å². The molecular formula is C15H24F3NSi. The first kappa shape index (κ1) is 17.2. The summed E-state index contributed by atoms with van der Waals surface area (Å²) < 4.78 is 37.7. The number of alkyl halides is 3. The van der Waals surface area contributed by atoms with Crippen LogP contribution in [0.1, 0.15) is 19.4 Å². The van der Waals surface area contributed by atoms with Gasteiger partial charge in [-0.15, -0.1) is 0 Å². The van der Waals surface area contributed by atoms with Gasteiger partial charge in [0.05, 0.1) is 14.6 Å². The number of benzene rings is 1. The second kappa shape index (κ2) is 6.31. The minimum Gasteiger partial charge on any atom is -0.288 e. The maximum absolute atomic E-state index is 12.6. The molecule has 0 aliphatic carbocycles. The van der Waals surface area contributed by atoms with Gasteiger partial charge in [-0.2, -0.15) is 13.2 Å². The average molecular weight is 303 g/mol. The van der Waals surface area contributed by atoms with E-state index in [0.717, 1.165) is 5.56 Å². The normalized spacial score (nSPS) is 13.3. The lowest BCUT2D eigenvalue weighted by Crippen LogP contribution is -2.39. The van der Waals surface area contributed by atoms with Crippen LogP contribution in [0.2, 0.25) is 19.6 Å². The van der Waals surface area contributed by atoms with Crippen molar-refractivity contribution in [3.8, 4) is 0 Å². The summed E-state index contributed by atoms with van der Waals surface area (Å²) >= 11 is 0. The van der Waals surface area contributed by atoms with Crippen LogP contribution in [0.15, 0.2) is 24.3 Å². The van der Waals surface area contributed by atoms with E-state index >= 15 is 0 Å². The SMILES string of the molecule is CC(C)N(Cc1ccc([Si](C)(C)C)cc1)CC(F)(F)F. The third-order valence-corrected chi connectivity index (χ3v) is 5.38. The van der Waals surface area contributed by atoms with E-state index in [4.69, 9.17) is 0 Å². The fourth-order valence-electron chi connectivity index (χ4n) is 2.00. The summed E-state index contributed by atoms with van der Waals surface area (Å²) in [6, 6.07) is 7.91. The third-order valence-electron chi connectivity index (χ3n) is 3.32. The lowest BCUT2D eigenvalue weighted by atomic mass is 10.2. The molecule has 0 N–H and O–H groups in total. The van der Waals surface area contributed by atoms with E-state index < -0.39 is 20.8 Å². The van der Waals surface area contributed by atoms with Crippen LogP contribution in [-0.4, -0.2) is 31.7 Å². The number of hydrogen-bond acceptors (Lipinski definition) is 1. The van der Waals surface area contributed by atoms with Gasteiger partial charge in [-0.25, -0.2) is 0 Å². The molecule has 5 heteroatoms. The molecule has 0 aliphatic rings. The summed E-state index contributed by atoms with van der Waals surface area (Å²) in [5.41, 5.74) is 0.935. The van der Waals surface area contributed by atoms with Crippen molar-refractivity contribution in [3.63, 3.8) is 0 Å². The summed E-state index contributed by atoms with van der Waals surface area (Å²) in [5.74, 6) is 0. The number of nitrogens with zero attached hydrogens (tertiary/aromatic N) is 1. The van der Waals surface area contributed by atoms with Crippen molar-refractivity contribution in [1.82, 2.24) is 4.90 Å². The van der Waals surface area contributed by atoms with E-state index in [-0.39, 0.29) is 6.04 Å². The Bertz CT molecular complexity index is 418. The molecular weight excluding hydrogens is 279 g/mol. The van der Waals surface area contributed by atoms with Crippen LogP contribution in [0, 0.1) is 0 Å². The molecule has 1 aromatic rings. The van der Waals surface area contributed by atoms with E-state index in [0.29, 0.717) is 6.54 Å². The van der Waals surface area contributed by atoms with Crippen LogP contribution < -0.4 is 5.19 Å². The Morgan fingerprint density at radius 3 is 1.90 bits per heavy atom. The van der Waals surface area contributed by atoms with Gasteiger partial charge in [-0.05, 0) is 19.4 Å². The quantitative estimate of drug-likeness (QED) is 0.743. The van der Waals surface area contributed by atoms with Crippen LogP contribution in [0.5, 0.6) is 0 Å². The van der Waals surface area contributed by atoms with Crippen LogP contribution in [0.3, 0.4) is 0 Å². The molecule has 0 aromatic heterocycles. The van der Waals surface area contributed by atoms with Crippen molar-refractivity contribution >= 4 is 13.3 Å². The Morgan fingerprint density at radius 2 is 1.55 bits per heavy atom. The predicted octanol–water partition coefficient (Wildman–Crippen LogP) is 4.00. The van der Waals surface area contributed by atoms with Gasteiger partial charge in [0.25, 0.3) is 0 Å². The molecule has 114 valence electrons. The van der Waals surface area contributed by atoms with Crippen molar-refractivity contribution in [2.45, 2.75) is 52.3 Å². The average Bonchev–Trinajstić information content (AvgIpc) is 2.25. The molecule has 0 saturated heterocycles. The lowest BCUT2D eigenvalue weighted by Gasteiger charge is -2.27. The number of halogens is 3. The standard InChI is InChI=1S/C15H24F3NSi/c1-12(2)19(11-15(16,17)18)10-13-6-8-14(9-7-13)20(3,4)5/h6-9,12H,10-11H2,1-5H3. The highest BCUT2D eigenvalue weighted by atomic mass is 28.3. The summed E-state index contributed by atoms with van der Waals surface area (Å²) in [5, 5.41) is 1.33. The molecule has 0 amide bonds. The molecule has 1 aromatic carbocycles. The van der Waals surface area contributed by atoms with Crippen molar-refractivity contribution in [2.24, 2.45) is 0 Å². The second-order valence-corrected chi connectivity index (χ2v) is 11.6. The van der Waals surface area contributed by atoms with Crippen LogP contribution in [0.4, 0.5) is 13.2 Å². The Morgan fingerprint density at radius 1 is 1.05 bits per heavy atom. The van der Waals surface area contributed by atoms with Gasteiger partial charge in [-0.3, -0.25) is 4.90 Å². The molecule has 0 saturated carbocycles. The summed E-state index contributed by atoms with van der Waals surface area (Å²) in [7, 11) is -1.35. The molecule has 0 atom stereocenters. The molecule has 1 rings (SSSR count). The molecule has 0 radical (unpaired) electrons. The zero-order chi connectivity index (χ0) is 15.6. The van der Waals surface area contributed by atoms with E-state index in [1.165, 1.54) is 10.1 Å². The second-order valence-electron chi connectivity index (χ2n) is 6.56. The maximum Gasteiger partial charge on any atom is 0.401 e. The zero-order valence-electron chi connectivity index (χ0n) is 12.9. The third kappa shape index (κ3) is 5.67. The zero-order valence-corrected chi connectivity index (χ0v) is 13.9. The molecule has 1 nitrogen and oxygen atoms in total. The van der Waals surface area contributed by atoms with Gasteiger partial charge in [0, 0.05) is 12.6 Å². The molecule has 0 heterocycles. The molecule has 0 spiro atoms. The topological polar surface area (TPSA) is 3.24 Å².